The van der Waals surface area contributed by atoms with Gasteiger partial charge in [-0.25, -0.2) is 0 Å². The Hall–Kier alpha value is -2.53. The second kappa shape index (κ2) is 8.72. The van der Waals surface area contributed by atoms with E-state index in [4.69, 9.17) is 0 Å². The molecule has 1 aliphatic heterocycles. The number of piperidine rings is 1. The smallest absolute Gasteiger partial charge is 0.246 e. The average Bonchev–Trinajstić information content (AvgIpc) is 2.69. The fourth-order valence-electron chi connectivity index (χ4n) is 3.38. The first-order valence-corrected chi connectivity index (χ1v) is 9.30. The largest absolute Gasteiger partial charge is 0.393 e. The van der Waals surface area contributed by atoms with Gasteiger partial charge in [0.15, 0.2) is 0 Å². The summed E-state index contributed by atoms with van der Waals surface area (Å²) in [5, 5.41) is 13.0. The monoisotopic (exact) mass is 353 g/mol. The molecule has 2 N–H and O–H groups in total. The van der Waals surface area contributed by atoms with E-state index in [0.717, 1.165) is 43.0 Å². The number of carbonyl (C=O) groups is 1. The first kappa shape index (κ1) is 18.3. The Morgan fingerprint density at radius 3 is 2.46 bits per heavy atom. The van der Waals surface area contributed by atoms with Crippen molar-refractivity contribution in [3.05, 3.63) is 54.6 Å². The van der Waals surface area contributed by atoms with E-state index in [9.17, 15) is 9.90 Å². The van der Waals surface area contributed by atoms with Crippen LogP contribution in [0.2, 0.25) is 0 Å². The molecular formula is C21H27N3O2. The molecule has 0 saturated carbocycles. The predicted molar refractivity (Wildman–Crippen MR) is 107 cm³/mol. The lowest BCUT2D eigenvalue weighted by Gasteiger charge is -2.33. The Bertz CT molecular complexity index is 712. The van der Waals surface area contributed by atoms with E-state index in [0.29, 0.717) is 6.54 Å². The van der Waals surface area contributed by atoms with Crippen molar-refractivity contribution in [1.29, 1.82) is 0 Å². The Balaban J connectivity index is 1.67. The van der Waals surface area contributed by atoms with Crippen LogP contribution < -0.4 is 15.1 Å². The minimum Gasteiger partial charge on any atom is -0.393 e. The van der Waals surface area contributed by atoms with Crippen LogP contribution in [0.4, 0.5) is 17.1 Å². The summed E-state index contributed by atoms with van der Waals surface area (Å²) in [4.78, 5) is 16.8. The van der Waals surface area contributed by atoms with Crippen LogP contribution in [-0.4, -0.2) is 43.3 Å². The maximum absolute atomic E-state index is 12.7. The van der Waals surface area contributed by atoms with Crippen LogP contribution >= 0.6 is 0 Å². The minimum atomic E-state index is -0.197. The number of nitrogens with zero attached hydrogens (tertiary/aromatic N) is 2. The van der Waals surface area contributed by atoms with E-state index in [-0.39, 0.29) is 18.6 Å². The van der Waals surface area contributed by atoms with Crippen LogP contribution in [0.3, 0.4) is 0 Å². The van der Waals surface area contributed by atoms with Crippen molar-refractivity contribution in [3.63, 3.8) is 0 Å². The number of likely N-dealkylation sites (N-methyl/N-ethyl adjacent to an activating group) is 1. The molecule has 26 heavy (non-hydrogen) atoms. The fourth-order valence-corrected chi connectivity index (χ4v) is 3.38. The number of aliphatic hydroxyl groups excluding tert-OH is 1. The van der Waals surface area contributed by atoms with Gasteiger partial charge in [-0.2, -0.15) is 0 Å². The van der Waals surface area contributed by atoms with E-state index in [1.54, 1.807) is 4.90 Å². The summed E-state index contributed by atoms with van der Waals surface area (Å²) < 4.78 is 0. The Morgan fingerprint density at radius 2 is 1.77 bits per heavy atom. The molecule has 2 aromatic rings. The first-order chi connectivity index (χ1) is 12.7. The van der Waals surface area contributed by atoms with Gasteiger partial charge in [0.2, 0.25) is 5.91 Å². The van der Waals surface area contributed by atoms with Gasteiger partial charge in [0.05, 0.1) is 24.0 Å². The molecule has 5 nitrogen and oxygen atoms in total. The van der Waals surface area contributed by atoms with Crippen LogP contribution in [0.15, 0.2) is 54.6 Å². The molecule has 0 bridgehead atoms. The SMILES string of the molecule is CCN(C(=O)CNc1ccccc1N1CCC(O)CC1)c1ccccc1. The first-order valence-electron chi connectivity index (χ1n) is 9.30. The predicted octanol–water partition coefficient (Wildman–Crippen LogP) is 3.11. The third-order valence-corrected chi connectivity index (χ3v) is 4.82. The lowest BCUT2D eigenvalue weighted by molar-refractivity contribution is -0.116. The molecule has 1 aliphatic rings. The maximum atomic E-state index is 12.7. The highest BCUT2D eigenvalue weighted by Gasteiger charge is 2.20. The zero-order valence-electron chi connectivity index (χ0n) is 15.3. The second-order valence-electron chi connectivity index (χ2n) is 6.56. The van der Waals surface area contributed by atoms with E-state index < -0.39 is 0 Å². The van der Waals surface area contributed by atoms with Gasteiger partial charge in [-0.05, 0) is 44.0 Å². The van der Waals surface area contributed by atoms with Gasteiger partial charge in [-0.15, -0.1) is 0 Å². The standard InChI is InChI=1S/C21H27N3O2/c1-2-24(17-8-4-3-5-9-17)21(26)16-22-19-10-6-7-11-20(19)23-14-12-18(25)13-15-23/h3-11,18,22,25H,2,12-16H2,1H3. The van der Waals surface area contributed by atoms with Crippen molar-refractivity contribution < 1.29 is 9.90 Å². The van der Waals surface area contributed by atoms with Gasteiger partial charge in [0.1, 0.15) is 0 Å². The maximum Gasteiger partial charge on any atom is 0.246 e. The number of rotatable bonds is 6. The van der Waals surface area contributed by atoms with Crippen LogP contribution in [0, 0.1) is 0 Å². The van der Waals surface area contributed by atoms with Gasteiger partial charge in [-0.1, -0.05) is 30.3 Å². The molecule has 1 amide bonds. The molecule has 0 aliphatic carbocycles. The third-order valence-electron chi connectivity index (χ3n) is 4.82. The molecule has 0 spiro atoms. The summed E-state index contributed by atoms with van der Waals surface area (Å²) in [5.41, 5.74) is 2.97. The molecule has 1 fully saturated rings. The molecule has 5 heteroatoms. The van der Waals surface area contributed by atoms with Crippen molar-refractivity contribution in [2.24, 2.45) is 0 Å². The van der Waals surface area contributed by atoms with Crippen molar-refractivity contribution in [2.45, 2.75) is 25.9 Å². The molecule has 0 atom stereocenters. The summed E-state index contributed by atoms with van der Waals surface area (Å²) >= 11 is 0. The van der Waals surface area contributed by atoms with Crippen molar-refractivity contribution in [2.75, 3.05) is 41.3 Å². The number of nitrogens with one attached hydrogen (secondary N) is 1. The van der Waals surface area contributed by atoms with Gasteiger partial charge >= 0.3 is 0 Å². The molecule has 2 aromatic carbocycles. The summed E-state index contributed by atoms with van der Waals surface area (Å²) in [5.74, 6) is 0.0440. The van der Waals surface area contributed by atoms with E-state index >= 15 is 0 Å². The normalized spacial score (nSPS) is 14.9. The van der Waals surface area contributed by atoms with Crippen molar-refractivity contribution in [3.8, 4) is 0 Å². The molecular weight excluding hydrogens is 326 g/mol. The number of benzene rings is 2. The molecule has 3 rings (SSSR count). The van der Waals surface area contributed by atoms with E-state index in [2.05, 4.69) is 16.3 Å². The summed E-state index contributed by atoms with van der Waals surface area (Å²) in [7, 11) is 0. The molecule has 1 heterocycles. The van der Waals surface area contributed by atoms with Gasteiger partial charge in [0, 0.05) is 25.3 Å². The zero-order chi connectivity index (χ0) is 18.4. The van der Waals surface area contributed by atoms with Crippen molar-refractivity contribution in [1.82, 2.24) is 0 Å². The quantitative estimate of drug-likeness (QED) is 0.838. The van der Waals surface area contributed by atoms with Crippen LogP contribution in [0.1, 0.15) is 19.8 Å². The number of carbonyl (C=O) groups excluding carboxylic acids is 1. The topological polar surface area (TPSA) is 55.8 Å². The summed E-state index contributed by atoms with van der Waals surface area (Å²) in [6.45, 7) is 4.53. The fraction of sp³-hybridized carbons (Fsp3) is 0.381. The van der Waals surface area contributed by atoms with E-state index in [1.807, 2.05) is 55.5 Å². The highest BCUT2D eigenvalue weighted by Crippen LogP contribution is 2.28. The van der Waals surface area contributed by atoms with Gasteiger partial charge in [-0.3, -0.25) is 4.79 Å². The van der Waals surface area contributed by atoms with Crippen LogP contribution in [-0.2, 0) is 4.79 Å². The van der Waals surface area contributed by atoms with E-state index in [1.165, 1.54) is 0 Å². The lowest BCUT2D eigenvalue weighted by Crippen LogP contribution is -2.37. The van der Waals surface area contributed by atoms with Gasteiger partial charge in [0.25, 0.3) is 0 Å². The highest BCUT2D eigenvalue weighted by molar-refractivity contribution is 5.96. The minimum absolute atomic E-state index is 0.0440. The van der Waals surface area contributed by atoms with Crippen molar-refractivity contribution >= 4 is 23.0 Å². The second-order valence-corrected chi connectivity index (χ2v) is 6.56. The number of anilines is 3. The van der Waals surface area contributed by atoms with Gasteiger partial charge < -0.3 is 20.2 Å². The Kier molecular flexibility index (Phi) is 6.12. The Labute approximate surface area is 155 Å². The number of para-hydroxylation sites is 3. The van der Waals surface area contributed by atoms with Crippen LogP contribution in [0.25, 0.3) is 0 Å². The average molecular weight is 353 g/mol. The molecule has 1 saturated heterocycles. The molecule has 0 aromatic heterocycles. The number of hydrogen-bond donors (Lipinski definition) is 2. The zero-order valence-corrected chi connectivity index (χ0v) is 15.3. The lowest BCUT2D eigenvalue weighted by atomic mass is 10.1. The molecule has 138 valence electrons. The Morgan fingerprint density at radius 1 is 1.12 bits per heavy atom. The molecule has 0 unspecified atom stereocenters. The highest BCUT2D eigenvalue weighted by atomic mass is 16.3. The molecule has 0 radical (unpaired) electrons. The van der Waals surface area contributed by atoms with Crippen LogP contribution in [0.5, 0.6) is 0 Å². The summed E-state index contributed by atoms with van der Waals surface area (Å²) in [6, 6.07) is 17.8. The number of amides is 1. The third kappa shape index (κ3) is 4.35. The summed E-state index contributed by atoms with van der Waals surface area (Å²) in [6.07, 6.45) is 1.37. The number of aliphatic hydroxyl groups is 1. The number of hydrogen-bond acceptors (Lipinski definition) is 4.